The molecule has 18 heavy (non-hydrogen) atoms. The molecule has 4 nitrogen and oxygen atoms in total. The van der Waals surface area contributed by atoms with Gasteiger partial charge in [0.15, 0.2) is 0 Å². The second-order valence-electron chi connectivity index (χ2n) is 5.75. The molecule has 0 fully saturated rings. The van der Waals surface area contributed by atoms with Gasteiger partial charge in [-0.25, -0.2) is 4.98 Å². The van der Waals surface area contributed by atoms with Crippen LogP contribution in [0.4, 0.5) is 0 Å². The zero-order chi connectivity index (χ0) is 14.0. The first kappa shape index (κ1) is 14.9. The predicted octanol–water partition coefficient (Wildman–Crippen LogP) is 2.73. The van der Waals surface area contributed by atoms with E-state index < -0.39 is 5.60 Å². The normalized spacial score (nSPS) is 15.4. The third kappa shape index (κ3) is 3.19. The van der Waals surface area contributed by atoms with E-state index in [-0.39, 0.29) is 11.0 Å². The topological polar surface area (TPSA) is 55.0 Å². The number of nitrogens with zero attached hydrogens (tertiary/aromatic N) is 1. The summed E-state index contributed by atoms with van der Waals surface area (Å²) in [5.74, 6) is 0.615. The maximum Gasteiger partial charge on any atom is 0.251 e. The van der Waals surface area contributed by atoms with Crippen LogP contribution < -0.4 is 5.56 Å². The Balaban J connectivity index is 3.33. The van der Waals surface area contributed by atoms with Crippen molar-refractivity contribution in [1.29, 1.82) is 0 Å². The van der Waals surface area contributed by atoms with Gasteiger partial charge in [0, 0.05) is 18.1 Å². The van der Waals surface area contributed by atoms with Crippen LogP contribution in [0.15, 0.2) is 10.9 Å². The summed E-state index contributed by atoms with van der Waals surface area (Å²) in [4.78, 5) is 19.2. The van der Waals surface area contributed by atoms with Gasteiger partial charge in [-0.2, -0.15) is 0 Å². The van der Waals surface area contributed by atoms with E-state index in [1.54, 1.807) is 6.07 Å². The maximum absolute atomic E-state index is 11.8. The average Bonchev–Trinajstić information content (AvgIpc) is 2.27. The maximum atomic E-state index is 11.8. The zero-order valence-corrected chi connectivity index (χ0v) is 12.3. The van der Waals surface area contributed by atoms with Crippen LogP contribution in [0, 0.1) is 0 Å². The molecule has 0 aliphatic rings. The second-order valence-corrected chi connectivity index (χ2v) is 5.75. The van der Waals surface area contributed by atoms with Crippen LogP contribution in [0.5, 0.6) is 0 Å². The molecule has 0 saturated heterocycles. The van der Waals surface area contributed by atoms with Crippen LogP contribution >= 0.6 is 0 Å². The molecule has 1 rings (SSSR count). The third-order valence-corrected chi connectivity index (χ3v) is 3.15. The van der Waals surface area contributed by atoms with Gasteiger partial charge in [0.25, 0.3) is 5.56 Å². The standard InChI is InChI=1S/C14H24N2O2/c1-7-14(6,18-8-2)12-15-10(13(3,4)5)9-11(17)16-12/h9H,7-8H2,1-6H3,(H,15,16,17). The molecule has 1 N–H and O–H groups in total. The van der Waals surface area contributed by atoms with Crippen LogP contribution in [-0.4, -0.2) is 16.6 Å². The van der Waals surface area contributed by atoms with E-state index in [9.17, 15) is 4.79 Å². The molecule has 0 aromatic carbocycles. The van der Waals surface area contributed by atoms with Gasteiger partial charge >= 0.3 is 0 Å². The minimum atomic E-state index is -0.533. The van der Waals surface area contributed by atoms with Crippen molar-refractivity contribution in [3.05, 3.63) is 27.9 Å². The number of aromatic nitrogens is 2. The summed E-state index contributed by atoms with van der Waals surface area (Å²) in [5.41, 5.74) is -0.0103. The molecule has 102 valence electrons. The van der Waals surface area contributed by atoms with Crippen molar-refractivity contribution in [3.63, 3.8) is 0 Å². The zero-order valence-electron chi connectivity index (χ0n) is 12.3. The molecular weight excluding hydrogens is 228 g/mol. The van der Waals surface area contributed by atoms with Gasteiger partial charge in [-0.15, -0.1) is 0 Å². The van der Waals surface area contributed by atoms with E-state index in [2.05, 4.69) is 9.97 Å². The van der Waals surface area contributed by atoms with Crippen molar-refractivity contribution in [2.45, 2.75) is 59.0 Å². The molecule has 0 aliphatic carbocycles. The first-order valence-electron chi connectivity index (χ1n) is 6.49. The SMILES string of the molecule is CCOC(C)(CC)c1nc(C(C)(C)C)cc(=O)[nH]1. The molecule has 0 saturated carbocycles. The number of aromatic amines is 1. The molecule has 1 atom stereocenters. The molecule has 0 aliphatic heterocycles. The van der Waals surface area contributed by atoms with E-state index in [4.69, 9.17) is 4.74 Å². The van der Waals surface area contributed by atoms with Crippen LogP contribution in [0.2, 0.25) is 0 Å². The van der Waals surface area contributed by atoms with Crippen molar-refractivity contribution in [2.24, 2.45) is 0 Å². The monoisotopic (exact) mass is 252 g/mol. The summed E-state index contributed by atoms with van der Waals surface area (Å²) >= 11 is 0. The van der Waals surface area contributed by atoms with Crippen LogP contribution in [-0.2, 0) is 15.8 Å². The summed E-state index contributed by atoms with van der Waals surface area (Å²) in [6.07, 6.45) is 0.761. The van der Waals surface area contributed by atoms with E-state index in [1.807, 2.05) is 41.5 Å². The number of nitrogens with one attached hydrogen (secondary N) is 1. The van der Waals surface area contributed by atoms with Gasteiger partial charge in [-0.3, -0.25) is 4.79 Å². The second kappa shape index (κ2) is 5.22. The highest BCUT2D eigenvalue weighted by molar-refractivity contribution is 5.15. The minimum Gasteiger partial charge on any atom is -0.368 e. The van der Waals surface area contributed by atoms with Gasteiger partial charge in [-0.1, -0.05) is 27.7 Å². The number of hydrogen-bond acceptors (Lipinski definition) is 3. The van der Waals surface area contributed by atoms with Gasteiger partial charge in [0.05, 0.1) is 5.69 Å². The lowest BCUT2D eigenvalue weighted by atomic mass is 9.91. The third-order valence-electron chi connectivity index (χ3n) is 3.15. The van der Waals surface area contributed by atoms with Crippen molar-refractivity contribution >= 4 is 0 Å². The average molecular weight is 252 g/mol. The van der Waals surface area contributed by atoms with E-state index in [0.29, 0.717) is 12.4 Å². The molecule has 1 aromatic heterocycles. The van der Waals surface area contributed by atoms with Crippen molar-refractivity contribution < 1.29 is 4.74 Å². The fourth-order valence-corrected chi connectivity index (χ4v) is 1.75. The van der Waals surface area contributed by atoms with Crippen molar-refractivity contribution in [1.82, 2.24) is 9.97 Å². The fourth-order valence-electron chi connectivity index (χ4n) is 1.75. The Bertz CT molecular complexity index is 460. The van der Waals surface area contributed by atoms with Crippen LogP contribution in [0.1, 0.15) is 59.5 Å². The summed E-state index contributed by atoms with van der Waals surface area (Å²) < 4.78 is 5.75. The Morgan fingerprint density at radius 3 is 2.33 bits per heavy atom. The largest absolute Gasteiger partial charge is 0.368 e. The lowest BCUT2D eigenvalue weighted by Gasteiger charge is -2.28. The van der Waals surface area contributed by atoms with Crippen LogP contribution in [0.3, 0.4) is 0 Å². The van der Waals surface area contributed by atoms with Gasteiger partial charge < -0.3 is 9.72 Å². The Kier molecular flexibility index (Phi) is 4.32. The molecule has 1 heterocycles. The van der Waals surface area contributed by atoms with Crippen molar-refractivity contribution in [3.8, 4) is 0 Å². The summed E-state index contributed by atoms with van der Waals surface area (Å²) in [6.45, 7) is 12.7. The smallest absolute Gasteiger partial charge is 0.251 e. The van der Waals surface area contributed by atoms with E-state index >= 15 is 0 Å². The number of hydrogen-bond donors (Lipinski definition) is 1. The van der Waals surface area contributed by atoms with Gasteiger partial charge in [0.1, 0.15) is 11.4 Å². The van der Waals surface area contributed by atoms with E-state index in [0.717, 1.165) is 12.1 Å². The lowest BCUT2D eigenvalue weighted by molar-refractivity contribution is -0.0394. The Labute approximate surface area is 109 Å². The molecule has 1 unspecified atom stereocenters. The lowest BCUT2D eigenvalue weighted by Crippen LogP contribution is -2.32. The number of ether oxygens (including phenoxy) is 1. The molecule has 4 heteroatoms. The molecule has 0 amide bonds. The fraction of sp³-hybridized carbons (Fsp3) is 0.714. The first-order valence-corrected chi connectivity index (χ1v) is 6.49. The summed E-state index contributed by atoms with van der Waals surface area (Å²) in [5, 5.41) is 0. The van der Waals surface area contributed by atoms with E-state index in [1.165, 1.54) is 0 Å². The minimum absolute atomic E-state index is 0.121. The molecule has 1 aromatic rings. The summed E-state index contributed by atoms with van der Waals surface area (Å²) in [6, 6.07) is 1.56. The van der Waals surface area contributed by atoms with Crippen LogP contribution in [0.25, 0.3) is 0 Å². The molecule has 0 spiro atoms. The quantitative estimate of drug-likeness (QED) is 0.896. The number of rotatable bonds is 4. The van der Waals surface area contributed by atoms with Gasteiger partial charge in [0.2, 0.25) is 0 Å². The van der Waals surface area contributed by atoms with Crippen molar-refractivity contribution in [2.75, 3.05) is 6.61 Å². The highest BCUT2D eigenvalue weighted by Crippen LogP contribution is 2.27. The van der Waals surface area contributed by atoms with Gasteiger partial charge in [-0.05, 0) is 20.3 Å². The Morgan fingerprint density at radius 1 is 1.28 bits per heavy atom. The highest BCUT2D eigenvalue weighted by Gasteiger charge is 2.29. The number of H-pyrrole nitrogens is 1. The predicted molar refractivity (Wildman–Crippen MR) is 72.8 cm³/mol. The first-order chi connectivity index (χ1) is 8.23. The molecule has 0 radical (unpaired) electrons. The highest BCUT2D eigenvalue weighted by atomic mass is 16.5. The summed E-state index contributed by atoms with van der Waals surface area (Å²) in [7, 11) is 0. The molecule has 0 bridgehead atoms. The Morgan fingerprint density at radius 2 is 1.89 bits per heavy atom. The molecular formula is C14H24N2O2. The Hall–Kier alpha value is -1.16.